The number of ether oxygens (including phenoxy) is 1. The summed E-state index contributed by atoms with van der Waals surface area (Å²) in [7, 11) is 0. The highest BCUT2D eigenvalue weighted by Gasteiger charge is 1.97. The molecule has 0 aliphatic carbocycles. The van der Waals surface area contributed by atoms with E-state index in [0.717, 1.165) is 32.7 Å². The Morgan fingerprint density at radius 1 is 1.50 bits per heavy atom. The molecule has 0 aliphatic rings. The molecule has 16 heavy (non-hydrogen) atoms. The summed E-state index contributed by atoms with van der Waals surface area (Å²) in [6.07, 6.45) is 1.08. The molecule has 0 atom stereocenters. The maximum absolute atomic E-state index is 5.51. The number of halogens is 1. The minimum atomic E-state index is 0.635. The van der Waals surface area contributed by atoms with Crippen molar-refractivity contribution in [1.82, 2.24) is 5.32 Å². The monoisotopic (exact) mass is 305 g/mol. The van der Waals surface area contributed by atoms with Crippen molar-refractivity contribution in [2.45, 2.75) is 26.8 Å². The maximum Gasteiger partial charge on any atom is 0.0701 e. The predicted octanol–water partition coefficient (Wildman–Crippen LogP) is 3.66. The van der Waals surface area contributed by atoms with E-state index in [1.165, 1.54) is 9.35 Å². The van der Waals surface area contributed by atoms with Crippen molar-refractivity contribution in [1.29, 1.82) is 0 Å². The average molecular weight is 306 g/mol. The lowest BCUT2D eigenvalue weighted by atomic mass is 10.2. The van der Waals surface area contributed by atoms with Gasteiger partial charge in [-0.25, -0.2) is 0 Å². The van der Waals surface area contributed by atoms with Gasteiger partial charge in [-0.1, -0.05) is 13.8 Å². The van der Waals surface area contributed by atoms with Gasteiger partial charge in [0.25, 0.3) is 0 Å². The molecule has 1 N–H and O–H groups in total. The van der Waals surface area contributed by atoms with Gasteiger partial charge in [-0.05, 0) is 51.8 Å². The summed E-state index contributed by atoms with van der Waals surface area (Å²) in [5.41, 5.74) is 1.35. The molecule has 0 aliphatic heterocycles. The van der Waals surface area contributed by atoms with Gasteiger partial charge < -0.3 is 10.1 Å². The Morgan fingerprint density at radius 2 is 2.31 bits per heavy atom. The van der Waals surface area contributed by atoms with Gasteiger partial charge in [0, 0.05) is 19.8 Å². The molecule has 0 fully saturated rings. The average Bonchev–Trinajstić information content (AvgIpc) is 2.62. The van der Waals surface area contributed by atoms with Gasteiger partial charge in [-0.2, -0.15) is 0 Å². The van der Waals surface area contributed by atoms with Crippen LogP contribution in [0.3, 0.4) is 0 Å². The zero-order valence-corrected chi connectivity index (χ0v) is 12.4. The van der Waals surface area contributed by atoms with Crippen molar-refractivity contribution in [3.8, 4) is 0 Å². The molecule has 0 radical (unpaired) electrons. The summed E-state index contributed by atoms with van der Waals surface area (Å²) >= 11 is 5.19. The largest absolute Gasteiger partial charge is 0.381 e. The third-order valence-corrected chi connectivity index (χ3v) is 3.60. The fraction of sp³-hybridized carbons (Fsp3) is 0.667. The number of thiophene rings is 1. The minimum absolute atomic E-state index is 0.635. The van der Waals surface area contributed by atoms with E-state index < -0.39 is 0 Å². The molecule has 2 nitrogen and oxygen atoms in total. The van der Waals surface area contributed by atoms with Gasteiger partial charge in [0.15, 0.2) is 0 Å². The molecule has 1 aromatic rings. The normalized spacial score (nSPS) is 11.2. The van der Waals surface area contributed by atoms with Gasteiger partial charge in [0.2, 0.25) is 0 Å². The fourth-order valence-electron chi connectivity index (χ4n) is 1.29. The van der Waals surface area contributed by atoms with E-state index in [2.05, 4.69) is 46.5 Å². The molecule has 0 amide bonds. The highest BCUT2D eigenvalue weighted by molar-refractivity contribution is 9.11. The molecule has 4 heteroatoms. The molecule has 0 bridgehead atoms. The molecule has 0 saturated carbocycles. The van der Waals surface area contributed by atoms with Crippen LogP contribution < -0.4 is 5.32 Å². The van der Waals surface area contributed by atoms with Crippen LogP contribution >= 0.6 is 27.3 Å². The Hall–Kier alpha value is 0.100. The first-order chi connectivity index (χ1) is 7.68. The standard InChI is InChI=1S/C12H20BrNOS/c1-10(2)8-15-5-3-4-14-7-11-6-12(13)16-9-11/h6,9-10,14H,3-5,7-8H2,1-2H3. The summed E-state index contributed by atoms with van der Waals surface area (Å²) in [4.78, 5) is 0. The maximum atomic E-state index is 5.51. The van der Waals surface area contributed by atoms with Crippen LogP contribution in [0.1, 0.15) is 25.8 Å². The second kappa shape index (κ2) is 8.23. The smallest absolute Gasteiger partial charge is 0.0701 e. The van der Waals surface area contributed by atoms with Crippen LogP contribution in [0.15, 0.2) is 15.2 Å². The van der Waals surface area contributed by atoms with Crippen LogP contribution in [0.2, 0.25) is 0 Å². The van der Waals surface area contributed by atoms with E-state index in [0.29, 0.717) is 5.92 Å². The predicted molar refractivity (Wildman–Crippen MR) is 74.0 cm³/mol. The lowest BCUT2D eigenvalue weighted by molar-refractivity contribution is 0.108. The number of hydrogen-bond donors (Lipinski definition) is 1. The van der Waals surface area contributed by atoms with E-state index in [-0.39, 0.29) is 0 Å². The van der Waals surface area contributed by atoms with Crippen LogP contribution in [0, 0.1) is 5.92 Å². The van der Waals surface area contributed by atoms with Crippen molar-refractivity contribution < 1.29 is 4.74 Å². The number of nitrogens with one attached hydrogen (secondary N) is 1. The van der Waals surface area contributed by atoms with E-state index in [1.54, 1.807) is 11.3 Å². The molecule has 0 saturated heterocycles. The van der Waals surface area contributed by atoms with E-state index in [4.69, 9.17) is 4.74 Å². The summed E-state index contributed by atoms with van der Waals surface area (Å²) in [6.45, 7) is 8.05. The Morgan fingerprint density at radius 3 is 2.94 bits per heavy atom. The zero-order valence-electron chi connectivity index (χ0n) is 9.96. The molecule has 1 rings (SSSR count). The first-order valence-corrected chi connectivity index (χ1v) is 7.37. The second-order valence-corrected chi connectivity index (χ2v) is 6.55. The Bertz CT molecular complexity index is 288. The first kappa shape index (κ1) is 14.2. The van der Waals surface area contributed by atoms with E-state index in [9.17, 15) is 0 Å². The summed E-state index contributed by atoms with van der Waals surface area (Å²) in [5, 5.41) is 5.58. The van der Waals surface area contributed by atoms with E-state index >= 15 is 0 Å². The van der Waals surface area contributed by atoms with Gasteiger partial charge in [0.1, 0.15) is 0 Å². The van der Waals surface area contributed by atoms with E-state index in [1.807, 2.05) is 0 Å². The molecule has 1 heterocycles. The van der Waals surface area contributed by atoms with Gasteiger partial charge in [-0.3, -0.25) is 0 Å². The van der Waals surface area contributed by atoms with Crippen molar-refractivity contribution in [3.05, 3.63) is 20.8 Å². The third-order valence-electron chi connectivity index (χ3n) is 2.04. The van der Waals surface area contributed by atoms with Crippen molar-refractivity contribution in [3.63, 3.8) is 0 Å². The molecular formula is C12H20BrNOS. The highest BCUT2D eigenvalue weighted by atomic mass is 79.9. The summed E-state index contributed by atoms with van der Waals surface area (Å²) in [5.74, 6) is 0.635. The summed E-state index contributed by atoms with van der Waals surface area (Å²) in [6, 6.07) is 2.16. The highest BCUT2D eigenvalue weighted by Crippen LogP contribution is 2.20. The number of rotatable bonds is 8. The number of hydrogen-bond acceptors (Lipinski definition) is 3. The SMILES string of the molecule is CC(C)COCCCNCc1csc(Br)c1. The minimum Gasteiger partial charge on any atom is -0.381 e. The molecule has 1 aromatic heterocycles. The van der Waals surface area contributed by atoms with Crippen LogP contribution in [0.4, 0.5) is 0 Å². The molecule has 0 unspecified atom stereocenters. The van der Waals surface area contributed by atoms with Gasteiger partial charge in [0.05, 0.1) is 3.79 Å². The Kier molecular flexibility index (Phi) is 7.28. The van der Waals surface area contributed by atoms with Crippen molar-refractivity contribution in [2.24, 2.45) is 5.92 Å². The lowest BCUT2D eigenvalue weighted by Crippen LogP contribution is -2.16. The van der Waals surface area contributed by atoms with Crippen LogP contribution in [-0.4, -0.2) is 19.8 Å². The molecular weight excluding hydrogens is 286 g/mol. The van der Waals surface area contributed by atoms with Gasteiger partial charge in [-0.15, -0.1) is 11.3 Å². The molecule has 0 aromatic carbocycles. The third kappa shape index (κ3) is 6.63. The molecule has 92 valence electrons. The van der Waals surface area contributed by atoms with Crippen molar-refractivity contribution >= 4 is 27.3 Å². The molecule has 0 spiro atoms. The van der Waals surface area contributed by atoms with Crippen LogP contribution in [-0.2, 0) is 11.3 Å². The zero-order chi connectivity index (χ0) is 11.8. The fourth-order valence-corrected chi connectivity index (χ4v) is 2.50. The van der Waals surface area contributed by atoms with Crippen molar-refractivity contribution in [2.75, 3.05) is 19.8 Å². The van der Waals surface area contributed by atoms with Crippen LogP contribution in [0.5, 0.6) is 0 Å². The first-order valence-electron chi connectivity index (χ1n) is 5.70. The van der Waals surface area contributed by atoms with Gasteiger partial charge >= 0.3 is 0 Å². The Labute approximate surface area is 111 Å². The lowest BCUT2D eigenvalue weighted by Gasteiger charge is -2.07. The summed E-state index contributed by atoms with van der Waals surface area (Å²) < 4.78 is 6.70. The topological polar surface area (TPSA) is 21.3 Å². The Balaban J connectivity index is 1.92. The second-order valence-electron chi connectivity index (χ2n) is 4.26. The van der Waals surface area contributed by atoms with Crippen LogP contribution in [0.25, 0.3) is 0 Å². The quantitative estimate of drug-likeness (QED) is 0.740.